The van der Waals surface area contributed by atoms with Gasteiger partial charge in [0.05, 0.1) is 22.8 Å². The van der Waals surface area contributed by atoms with Crippen molar-refractivity contribution in [3.05, 3.63) is 33.6 Å². The monoisotopic (exact) mass is 320 g/mol. The lowest BCUT2D eigenvalue weighted by Gasteiger charge is -2.34. The van der Waals surface area contributed by atoms with Gasteiger partial charge in [-0.1, -0.05) is 5.16 Å². The Hall–Kier alpha value is -1.73. The number of hydrogen-bond acceptors (Lipinski definition) is 6. The average Bonchev–Trinajstić information content (AvgIpc) is 3.08. The first-order chi connectivity index (χ1) is 10.6. The molecule has 0 unspecified atom stereocenters. The van der Waals surface area contributed by atoms with Gasteiger partial charge in [0.25, 0.3) is 0 Å². The van der Waals surface area contributed by atoms with Crippen molar-refractivity contribution in [3.63, 3.8) is 0 Å². The van der Waals surface area contributed by atoms with Crippen LogP contribution in [-0.4, -0.2) is 52.0 Å². The Morgan fingerprint density at radius 2 is 2.09 bits per heavy atom. The van der Waals surface area contributed by atoms with E-state index in [0.717, 1.165) is 49.1 Å². The third kappa shape index (κ3) is 3.72. The van der Waals surface area contributed by atoms with Crippen molar-refractivity contribution in [2.45, 2.75) is 26.8 Å². The maximum absolute atomic E-state index is 12.3. The highest BCUT2D eigenvalue weighted by Gasteiger charge is 2.22. The predicted octanol–water partition coefficient (Wildman–Crippen LogP) is 1.63. The summed E-state index contributed by atoms with van der Waals surface area (Å²) in [6.07, 6.45) is 0.298. The first kappa shape index (κ1) is 15.2. The van der Waals surface area contributed by atoms with E-state index >= 15 is 0 Å². The fourth-order valence-electron chi connectivity index (χ4n) is 2.63. The maximum Gasteiger partial charge on any atom is 0.230 e. The van der Waals surface area contributed by atoms with Crippen molar-refractivity contribution in [1.29, 1.82) is 0 Å². The molecule has 2 aromatic rings. The molecule has 1 aliphatic rings. The third-order valence-corrected chi connectivity index (χ3v) is 4.60. The van der Waals surface area contributed by atoms with Crippen LogP contribution in [-0.2, 0) is 17.8 Å². The van der Waals surface area contributed by atoms with Crippen LogP contribution in [0.4, 0.5) is 0 Å². The van der Waals surface area contributed by atoms with Gasteiger partial charge in [-0.15, -0.1) is 11.3 Å². The lowest BCUT2D eigenvalue weighted by molar-refractivity contribution is -0.132. The molecule has 0 spiro atoms. The Morgan fingerprint density at radius 1 is 1.32 bits per heavy atom. The van der Waals surface area contributed by atoms with Crippen LogP contribution in [0.3, 0.4) is 0 Å². The van der Waals surface area contributed by atoms with Crippen LogP contribution >= 0.6 is 11.3 Å². The lowest BCUT2D eigenvalue weighted by Crippen LogP contribution is -2.48. The molecule has 22 heavy (non-hydrogen) atoms. The molecule has 3 rings (SSSR count). The van der Waals surface area contributed by atoms with Crippen LogP contribution in [0.15, 0.2) is 16.0 Å². The van der Waals surface area contributed by atoms with Crippen molar-refractivity contribution < 1.29 is 9.32 Å². The van der Waals surface area contributed by atoms with Gasteiger partial charge < -0.3 is 9.42 Å². The van der Waals surface area contributed by atoms with Gasteiger partial charge in [0.2, 0.25) is 5.91 Å². The summed E-state index contributed by atoms with van der Waals surface area (Å²) in [4.78, 5) is 21.0. The second-order valence-corrected chi connectivity index (χ2v) is 6.69. The second kappa shape index (κ2) is 6.58. The van der Waals surface area contributed by atoms with Crippen molar-refractivity contribution in [2.24, 2.45) is 0 Å². The number of amides is 1. The highest BCUT2D eigenvalue weighted by Crippen LogP contribution is 2.13. The SMILES string of the molecule is Cc1cc(CC(=O)N2CCN(Cc3csc(C)n3)CC2)on1. The molecule has 0 atom stereocenters. The van der Waals surface area contributed by atoms with Crippen LogP contribution < -0.4 is 0 Å². The van der Waals surface area contributed by atoms with Gasteiger partial charge in [0.15, 0.2) is 0 Å². The van der Waals surface area contributed by atoms with Crippen LogP contribution in [0.25, 0.3) is 0 Å². The molecule has 1 saturated heterocycles. The molecule has 0 aromatic carbocycles. The molecule has 2 aromatic heterocycles. The van der Waals surface area contributed by atoms with Gasteiger partial charge in [-0.25, -0.2) is 4.98 Å². The Balaban J connectivity index is 1.47. The highest BCUT2D eigenvalue weighted by molar-refractivity contribution is 7.09. The largest absolute Gasteiger partial charge is 0.361 e. The number of aryl methyl sites for hydroxylation is 2. The number of carbonyl (C=O) groups is 1. The summed E-state index contributed by atoms with van der Waals surface area (Å²) in [5.41, 5.74) is 1.94. The van der Waals surface area contributed by atoms with Gasteiger partial charge in [0.1, 0.15) is 5.76 Å². The zero-order valence-electron chi connectivity index (χ0n) is 12.9. The molecular formula is C15H20N4O2S. The number of piperazine rings is 1. The fraction of sp³-hybridized carbons (Fsp3) is 0.533. The molecule has 0 saturated carbocycles. The van der Waals surface area contributed by atoms with E-state index in [-0.39, 0.29) is 5.91 Å². The van der Waals surface area contributed by atoms with Gasteiger partial charge in [-0.3, -0.25) is 9.69 Å². The molecule has 0 bridgehead atoms. The number of aromatic nitrogens is 2. The van der Waals surface area contributed by atoms with Crippen LogP contribution in [0.5, 0.6) is 0 Å². The van der Waals surface area contributed by atoms with E-state index in [1.165, 1.54) is 0 Å². The molecule has 0 N–H and O–H groups in total. The molecule has 7 heteroatoms. The minimum Gasteiger partial charge on any atom is -0.361 e. The maximum atomic E-state index is 12.3. The summed E-state index contributed by atoms with van der Waals surface area (Å²) in [5, 5.41) is 7.03. The summed E-state index contributed by atoms with van der Waals surface area (Å²) < 4.78 is 5.11. The van der Waals surface area contributed by atoms with E-state index in [9.17, 15) is 4.79 Å². The lowest BCUT2D eigenvalue weighted by atomic mass is 10.2. The van der Waals surface area contributed by atoms with Gasteiger partial charge >= 0.3 is 0 Å². The molecule has 1 amide bonds. The quantitative estimate of drug-likeness (QED) is 0.857. The van der Waals surface area contributed by atoms with Gasteiger partial charge in [-0.05, 0) is 13.8 Å². The van der Waals surface area contributed by atoms with E-state index < -0.39 is 0 Å². The zero-order chi connectivity index (χ0) is 15.5. The molecular weight excluding hydrogens is 300 g/mol. The molecule has 3 heterocycles. The predicted molar refractivity (Wildman–Crippen MR) is 83.7 cm³/mol. The molecule has 6 nitrogen and oxygen atoms in total. The van der Waals surface area contributed by atoms with Gasteiger partial charge in [-0.2, -0.15) is 0 Å². The van der Waals surface area contributed by atoms with Crippen molar-refractivity contribution in [3.8, 4) is 0 Å². The standard InChI is InChI=1S/C15H20N4O2S/c1-11-7-14(21-17-11)8-15(20)19-5-3-18(4-6-19)9-13-10-22-12(2)16-13/h7,10H,3-6,8-9H2,1-2H3. The van der Waals surface area contributed by atoms with E-state index in [4.69, 9.17) is 4.52 Å². The smallest absolute Gasteiger partial charge is 0.230 e. The number of carbonyl (C=O) groups excluding carboxylic acids is 1. The number of hydrogen-bond donors (Lipinski definition) is 0. The van der Waals surface area contributed by atoms with Crippen LogP contribution in [0, 0.1) is 13.8 Å². The fourth-order valence-corrected chi connectivity index (χ4v) is 3.23. The topological polar surface area (TPSA) is 62.5 Å². The van der Waals surface area contributed by atoms with Crippen molar-refractivity contribution in [1.82, 2.24) is 19.9 Å². The number of rotatable bonds is 4. The first-order valence-electron chi connectivity index (χ1n) is 7.43. The first-order valence-corrected chi connectivity index (χ1v) is 8.31. The third-order valence-electron chi connectivity index (χ3n) is 3.78. The molecule has 0 radical (unpaired) electrons. The van der Waals surface area contributed by atoms with E-state index in [0.29, 0.717) is 12.2 Å². The van der Waals surface area contributed by atoms with E-state index in [2.05, 4.69) is 20.4 Å². The Morgan fingerprint density at radius 3 is 2.68 bits per heavy atom. The summed E-state index contributed by atoms with van der Waals surface area (Å²) in [6, 6.07) is 1.82. The van der Waals surface area contributed by atoms with Crippen molar-refractivity contribution in [2.75, 3.05) is 26.2 Å². The van der Waals surface area contributed by atoms with E-state index in [1.54, 1.807) is 11.3 Å². The summed E-state index contributed by atoms with van der Waals surface area (Å²) in [6.45, 7) is 8.04. The highest BCUT2D eigenvalue weighted by atomic mass is 32.1. The van der Waals surface area contributed by atoms with E-state index in [1.807, 2.05) is 24.8 Å². The molecule has 1 aliphatic heterocycles. The Labute approximate surface area is 133 Å². The minimum absolute atomic E-state index is 0.111. The zero-order valence-corrected chi connectivity index (χ0v) is 13.7. The van der Waals surface area contributed by atoms with Crippen molar-refractivity contribution >= 4 is 17.2 Å². The summed E-state index contributed by atoms with van der Waals surface area (Å²) in [5.74, 6) is 0.753. The van der Waals surface area contributed by atoms with Crippen LogP contribution in [0.2, 0.25) is 0 Å². The van der Waals surface area contributed by atoms with Crippen LogP contribution in [0.1, 0.15) is 22.2 Å². The molecule has 1 fully saturated rings. The minimum atomic E-state index is 0.111. The summed E-state index contributed by atoms with van der Waals surface area (Å²) in [7, 11) is 0. The Bertz CT molecular complexity index is 644. The molecule has 0 aliphatic carbocycles. The molecule has 118 valence electrons. The second-order valence-electron chi connectivity index (χ2n) is 5.63. The Kier molecular flexibility index (Phi) is 4.54. The number of thiazole rings is 1. The summed E-state index contributed by atoms with van der Waals surface area (Å²) >= 11 is 1.68. The normalized spacial score (nSPS) is 16.2. The average molecular weight is 320 g/mol. The number of nitrogens with zero attached hydrogens (tertiary/aromatic N) is 4. The van der Waals surface area contributed by atoms with Gasteiger partial charge in [0, 0.05) is 44.2 Å².